The van der Waals surface area contributed by atoms with Crippen LogP contribution >= 0.6 is 0 Å². The maximum absolute atomic E-state index is 6.67. The summed E-state index contributed by atoms with van der Waals surface area (Å²) in [6, 6.07) is 66.9. The van der Waals surface area contributed by atoms with E-state index in [1.165, 1.54) is 16.5 Å². The molecular formula is C49H32N4O. The van der Waals surface area contributed by atoms with Crippen molar-refractivity contribution < 1.29 is 4.42 Å². The number of anilines is 3. The van der Waals surface area contributed by atoms with Crippen molar-refractivity contribution in [1.82, 2.24) is 15.0 Å². The summed E-state index contributed by atoms with van der Waals surface area (Å²) in [4.78, 5) is 17.3. The molecule has 2 aromatic heterocycles. The van der Waals surface area contributed by atoms with E-state index in [0.29, 0.717) is 17.5 Å². The monoisotopic (exact) mass is 692 g/mol. The number of benzene rings is 8. The fraction of sp³-hybridized carbons (Fsp3) is 0. The molecule has 0 aliphatic carbocycles. The summed E-state index contributed by atoms with van der Waals surface area (Å²) in [6.45, 7) is 0. The summed E-state index contributed by atoms with van der Waals surface area (Å²) in [5.74, 6) is 1.84. The van der Waals surface area contributed by atoms with Gasteiger partial charge < -0.3 is 9.32 Å². The van der Waals surface area contributed by atoms with E-state index in [-0.39, 0.29) is 0 Å². The molecule has 0 radical (unpaired) electrons. The smallest absolute Gasteiger partial charge is 0.164 e. The molecule has 54 heavy (non-hydrogen) atoms. The van der Waals surface area contributed by atoms with Crippen molar-refractivity contribution in [2.75, 3.05) is 4.90 Å². The average molecular weight is 693 g/mol. The molecular weight excluding hydrogens is 661 g/mol. The highest BCUT2D eigenvalue weighted by atomic mass is 16.3. The molecule has 254 valence electrons. The summed E-state index contributed by atoms with van der Waals surface area (Å²) >= 11 is 0. The zero-order chi connectivity index (χ0) is 35.8. The van der Waals surface area contributed by atoms with Crippen molar-refractivity contribution in [3.8, 4) is 45.3 Å². The lowest BCUT2D eigenvalue weighted by molar-refractivity contribution is 0.669. The van der Waals surface area contributed by atoms with Gasteiger partial charge in [-0.1, -0.05) is 152 Å². The second-order valence-electron chi connectivity index (χ2n) is 13.2. The molecule has 0 fully saturated rings. The van der Waals surface area contributed by atoms with Gasteiger partial charge in [-0.25, -0.2) is 15.0 Å². The highest BCUT2D eigenvalue weighted by molar-refractivity contribution is 6.13. The van der Waals surface area contributed by atoms with Gasteiger partial charge in [-0.05, 0) is 52.9 Å². The third-order valence-corrected chi connectivity index (χ3v) is 9.92. The minimum absolute atomic E-state index is 0.593. The van der Waals surface area contributed by atoms with Crippen LogP contribution in [-0.2, 0) is 0 Å². The minimum Gasteiger partial charge on any atom is -0.456 e. The van der Waals surface area contributed by atoms with Crippen molar-refractivity contribution >= 4 is 49.8 Å². The van der Waals surface area contributed by atoms with Crippen LogP contribution in [-0.4, -0.2) is 15.0 Å². The van der Waals surface area contributed by atoms with E-state index < -0.39 is 0 Å². The molecule has 10 rings (SSSR count). The van der Waals surface area contributed by atoms with E-state index >= 15 is 0 Å². The first kappa shape index (κ1) is 31.4. The molecule has 0 spiro atoms. The first-order valence-electron chi connectivity index (χ1n) is 18.0. The Morgan fingerprint density at radius 3 is 1.63 bits per heavy atom. The number of furan rings is 1. The molecule has 0 aliphatic rings. The molecule has 0 unspecified atom stereocenters. The summed E-state index contributed by atoms with van der Waals surface area (Å²) in [7, 11) is 0. The molecule has 8 aromatic carbocycles. The minimum atomic E-state index is 0.593. The third kappa shape index (κ3) is 5.65. The highest BCUT2D eigenvalue weighted by Gasteiger charge is 2.21. The van der Waals surface area contributed by atoms with Gasteiger partial charge >= 0.3 is 0 Å². The Kier molecular flexibility index (Phi) is 7.73. The first-order chi connectivity index (χ1) is 26.8. The fourth-order valence-corrected chi connectivity index (χ4v) is 7.33. The van der Waals surface area contributed by atoms with Crippen molar-refractivity contribution in [2.24, 2.45) is 0 Å². The number of hydrogen-bond donors (Lipinski definition) is 0. The van der Waals surface area contributed by atoms with Crippen LogP contribution in [0, 0.1) is 0 Å². The van der Waals surface area contributed by atoms with Crippen molar-refractivity contribution in [3.05, 3.63) is 194 Å². The molecule has 0 N–H and O–H groups in total. The molecule has 5 heteroatoms. The molecule has 0 saturated carbocycles. The third-order valence-electron chi connectivity index (χ3n) is 9.92. The normalized spacial score (nSPS) is 11.3. The van der Waals surface area contributed by atoms with E-state index in [1.54, 1.807) is 0 Å². The van der Waals surface area contributed by atoms with Gasteiger partial charge in [0.15, 0.2) is 17.5 Å². The van der Waals surface area contributed by atoms with Crippen LogP contribution in [0.25, 0.3) is 78.0 Å². The van der Waals surface area contributed by atoms with Gasteiger partial charge in [0.05, 0.1) is 5.69 Å². The van der Waals surface area contributed by atoms with Gasteiger partial charge in [-0.15, -0.1) is 0 Å². The summed E-state index contributed by atoms with van der Waals surface area (Å²) < 4.78 is 6.67. The average Bonchev–Trinajstić information content (AvgIpc) is 3.63. The Labute approximate surface area is 312 Å². The molecule has 0 amide bonds. The number of hydrogen-bond acceptors (Lipinski definition) is 5. The van der Waals surface area contributed by atoms with Gasteiger partial charge in [-0.2, -0.15) is 0 Å². The lowest BCUT2D eigenvalue weighted by atomic mass is 10.0. The van der Waals surface area contributed by atoms with Gasteiger partial charge in [0.2, 0.25) is 0 Å². The van der Waals surface area contributed by atoms with Crippen LogP contribution in [0.4, 0.5) is 17.1 Å². The van der Waals surface area contributed by atoms with Gasteiger partial charge in [-0.3, -0.25) is 0 Å². The Balaban J connectivity index is 1.14. The Morgan fingerprint density at radius 1 is 0.370 bits per heavy atom. The van der Waals surface area contributed by atoms with E-state index in [9.17, 15) is 0 Å². The van der Waals surface area contributed by atoms with Crippen LogP contribution in [0.2, 0.25) is 0 Å². The molecule has 0 atom stereocenters. The Morgan fingerprint density at radius 2 is 0.926 bits per heavy atom. The van der Waals surface area contributed by atoms with Crippen molar-refractivity contribution in [1.29, 1.82) is 0 Å². The van der Waals surface area contributed by atoms with Gasteiger partial charge in [0, 0.05) is 50.3 Å². The standard InChI is InChI=1S/C49H32N4O/c1-4-14-33(15-5-1)34-26-28-38(29-27-34)53(43-24-12-21-35-16-10-11-22-40(35)43)39-30-31-41-45(32-39)54-44-25-13-23-42(46(41)44)49-51-47(36-17-6-2-7-18-36)50-48(52-49)37-19-8-3-9-20-37/h1-32H. The van der Waals surface area contributed by atoms with Crippen LogP contribution in [0.5, 0.6) is 0 Å². The predicted molar refractivity (Wildman–Crippen MR) is 221 cm³/mol. The molecule has 10 aromatic rings. The molecule has 5 nitrogen and oxygen atoms in total. The summed E-state index contributed by atoms with van der Waals surface area (Å²) in [6.07, 6.45) is 0. The predicted octanol–water partition coefficient (Wildman–Crippen LogP) is 13.1. The van der Waals surface area contributed by atoms with E-state index in [1.807, 2.05) is 78.9 Å². The van der Waals surface area contributed by atoms with E-state index in [2.05, 4.69) is 120 Å². The Bertz CT molecular complexity index is 2860. The van der Waals surface area contributed by atoms with E-state index in [0.717, 1.165) is 61.1 Å². The lowest BCUT2D eigenvalue weighted by Crippen LogP contribution is -2.10. The Hall–Kier alpha value is -7.37. The summed E-state index contributed by atoms with van der Waals surface area (Å²) in [5.41, 5.74) is 9.77. The summed E-state index contributed by atoms with van der Waals surface area (Å²) in [5, 5.41) is 4.30. The van der Waals surface area contributed by atoms with Crippen LogP contribution in [0.3, 0.4) is 0 Å². The van der Waals surface area contributed by atoms with Crippen LogP contribution < -0.4 is 4.90 Å². The topological polar surface area (TPSA) is 55.1 Å². The van der Waals surface area contributed by atoms with Gasteiger partial charge in [0.25, 0.3) is 0 Å². The highest BCUT2D eigenvalue weighted by Crippen LogP contribution is 2.43. The molecule has 0 aliphatic heterocycles. The number of fused-ring (bicyclic) bond motifs is 4. The second-order valence-corrected chi connectivity index (χ2v) is 13.2. The molecule has 0 saturated heterocycles. The number of aromatic nitrogens is 3. The van der Waals surface area contributed by atoms with Crippen molar-refractivity contribution in [2.45, 2.75) is 0 Å². The lowest BCUT2D eigenvalue weighted by Gasteiger charge is -2.27. The van der Waals surface area contributed by atoms with Gasteiger partial charge in [0.1, 0.15) is 11.2 Å². The molecule has 0 bridgehead atoms. The van der Waals surface area contributed by atoms with Crippen molar-refractivity contribution in [3.63, 3.8) is 0 Å². The van der Waals surface area contributed by atoms with Crippen LogP contribution in [0.15, 0.2) is 199 Å². The second kappa shape index (κ2) is 13.3. The maximum atomic E-state index is 6.67. The maximum Gasteiger partial charge on any atom is 0.164 e. The number of nitrogens with zero attached hydrogens (tertiary/aromatic N) is 4. The first-order valence-corrected chi connectivity index (χ1v) is 18.0. The quantitative estimate of drug-likeness (QED) is 0.166. The molecule has 2 heterocycles. The zero-order valence-electron chi connectivity index (χ0n) is 29.2. The van der Waals surface area contributed by atoms with E-state index in [4.69, 9.17) is 19.4 Å². The fourth-order valence-electron chi connectivity index (χ4n) is 7.33. The SMILES string of the molecule is c1ccc(-c2ccc(N(c3ccc4c(c3)oc3cccc(-c5nc(-c6ccccc6)nc(-c6ccccc6)n5)c34)c3cccc4ccccc34)cc2)cc1. The largest absolute Gasteiger partial charge is 0.456 e. The van der Waals surface area contributed by atoms with Crippen LogP contribution in [0.1, 0.15) is 0 Å². The number of rotatable bonds is 7. The zero-order valence-corrected chi connectivity index (χ0v) is 29.2.